The molecule has 0 bridgehead atoms. The number of fused-ring (bicyclic) bond motifs is 1. The highest BCUT2D eigenvalue weighted by atomic mass is 35.5. The zero-order valence-corrected chi connectivity index (χ0v) is 14.2. The normalized spacial score (nSPS) is 14.3. The van der Waals surface area contributed by atoms with Crippen molar-refractivity contribution in [2.24, 2.45) is 0 Å². The van der Waals surface area contributed by atoms with Crippen LogP contribution in [0.15, 0.2) is 29.1 Å². The molecule has 0 spiro atoms. The molecule has 2 N–H and O–H groups in total. The zero-order chi connectivity index (χ0) is 16.4. The van der Waals surface area contributed by atoms with Gasteiger partial charge in [-0.3, -0.25) is 19.2 Å². The highest BCUT2D eigenvalue weighted by molar-refractivity contribution is 7.71. The maximum absolute atomic E-state index is 12.3. The van der Waals surface area contributed by atoms with Gasteiger partial charge >= 0.3 is 0 Å². The van der Waals surface area contributed by atoms with Crippen molar-refractivity contribution in [3.8, 4) is 5.69 Å². The molecule has 2 aromatic rings. The van der Waals surface area contributed by atoms with Gasteiger partial charge in [0.2, 0.25) is 0 Å². The highest BCUT2D eigenvalue weighted by Gasteiger charge is 2.22. The first-order chi connectivity index (χ1) is 11.1. The van der Waals surface area contributed by atoms with Gasteiger partial charge in [0.05, 0.1) is 29.5 Å². The first kappa shape index (κ1) is 16.2. The van der Waals surface area contributed by atoms with Gasteiger partial charge in [0.1, 0.15) is 5.82 Å². The van der Waals surface area contributed by atoms with E-state index in [-0.39, 0.29) is 5.56 Å². The predicted molar refractivity (Wildman–Crippen MR) is 93.0 cm³/mol. The summed E-state index contributed by atoms with van der Waals surface area (Å²) in [5.74, 6) is 0.695. The smallest absolute Gasteiger partial charge is 0.258 e. The molecule has 0 atom stereocenters. The quantitative estimate of drug-likeness (QED) is 0.827. The van der Waals surface area contributed by atoms with Gasteiger partial charge < -0.3 is 10.1 Å². The third-order valence-electron chi connectivity index (χ3n) is 3.76. The minimum atomic E-state index is -0.178. The van der Waals surface area contributed by atoms with Crippen LogP contribution >= 0.6 is 23.8 Å². The topological polar surface area (TPSA) is 62.3 Å². The maximum atomic E-state index is 12.3. The van der Waals surface area contributed by atoms with Crippen LogP contribution in [0.4, 0.5) is 5.82 Å². The number of nitrogens with one attached hydrogen (secondary N) is 2. The highest BCUT2D eigenvalue weighted by Crippen LogP contribution is 2.27. The van der Waals surface area contributed by atoms with Crippen LogP contribution in [0.1, 0.15) is 5.56 Å². The molecule has 2 heterocycles. The second kappa shape index (κ2) is 6.84. The van der Waals surface area contributed by atoms with E-state index in [2.05, 4.69) is 15.2 Å². The summed E-state index contributed by atoms with van der Waals surface area (Å²) < 4.78 is 7.19. The van der Waals surface area contributed by atoms with Crippen molar-refractivity contribution >= 4 is 29.6 Å². The van der Waals surface area contributed by atoms with Crippen molar-refractivity contribution in [1.82, 2.24) is 14.5 Å². The summed E-state index contributed by atoms with van der Waals surface area (Å²) in [5, 5.41) is 3.86. The van der Waals surface area contributed by atoms with E-state index in [0.29, 0.717) is 41.0 Å². The minimum Gasteiger partial charge on any atom is -0.383 e. The summed E-state index contributed by atoms with van der Waals surface area (Å²) in [6.07, 6.45) is 0. The standard InChI is InChI=1S/C15H17ClN4O2S/c1-22-7-6-19-8-10-13(17-9-19)20(15(23)18-14(10)21)12-5-3-2-4-11(12)16/h2-5,17H,6-9H2,1H3,(H,18,21,23). The fourth-order valence-electron chi connectivity index (χ4n) is 2.61. The second-order valence-electron chi connectivity index (χ2n) is 5.25. The molecule has 1 aliphatic heterocycles. The molecular weight excluding hydrogens is 336 g/mol. The molecule has 6 nitrogen and oxygen atoms in total. The number of H-pyrrole nitrogens is 1. The Morgan fingerprint density at radius 1 is 1.39 bits per heavy atom. The Bertz CT molecular complexity index is 833. The van der Waals surface area contributed by atoms with E-state index >= 15 is 0 Å². The van der Waals surface area contributed by atoms with Crippen LogP contribution in [0.3, 0.4) is 0 Å². The van der Waals surface area contributed by atoms with Crippen molar-refractivity contribution in [1.29, 1.82) is 0 Å². The van der Waals surface area contributed by atoms with Gasteiger partial charge in [-0.15, -0.1) is 0 Å². The van der Waals surface area contributed by atoms with Crippen molar-refractivity contribution in [2.75, 3.05) is 32.2 Å². The first-order valence-corrected chi connectivity index (χ1v) is 7.98. The molecule has 122 valence electrons. The molecule has 8 heteroatoms. The van der Waals surface area contributed by atoms with E-state index in [1.807, 2.05) is 18.2 Å². The molecule has 0 amide bonds. The SMILES string of the molecule is COCCN1CNc2c(c(=O)[nH]c(=S)n2-c2ccccc2Cl)C1. The lowest BCUT2D eigenvalue weighted by molar-refractivity contribution is 0.146. The Morgan fingerprint density at radius 3 is 2.91 bits per heavy atom. The number of aromatic nitrogens is 2. The van der Waals surface area contributed by atoms with E-state index in [1.165, 1.54) is 0 Å². The Hall–Kier alpha value is -1.67. The Kier molecular flexibility index (Phi) is 4.82. The summed E-state index contributed by atoms with van der Waals surface area (Å²) in [4.78, 5) is 17.1. The molecule has 0 aliphatic carbocycles. The zero-order valence-electron chi connectivity index (χ0n) is 12.6. The van der Waals surface area contributed by atoms with Gasteiger partial charge in [0.25, 0.3) is 5.56 Å². The van der Waals surface area contributed by atoms with Gasteiger partial charge in [-0.25, -0.2) is 0 Å². The number of methoxy groups -OCH3 is 1. The molecule has 1 aromatic heterocycles. The van der Waals surface area contributed by atoms with E-state index < -0.39 is 0 Å². The largest absolute Gasteiger partial charge is 0.383 e. The first-order valence-electron chi connectivity index (χ1n) is 7.20. The van der Waals surface area contributed by atoms with Crippen LogP contribution < -0.4 is 10.9 Å². The average Bonchev–Trinajstić information content (AvgIpc) is 2.55. The van der Waals surface area contributed by atoms with Crippen molar-refractivity contribution < 1.29 is 4.74 Å². The van der Waals surface area contributed by atoms with Crippen molar-refractivity contribution in [3.63, 3.8) is 0 Å². The monoisotopic (exact) mass is 352 g/mol. The summed E-state index contributed by atoms with van der Waals surface area (Å²) >= 11 is 11.6. The summed E-state index contributed by atoms with van der Waals surface area (Å²) in [6, 6.07) is 7.40. The lowest BCUT2D eigenvalue weighted by Crippen LogP contribution is -2.40. The van der Waals surface area contributed by atoms with E-state index in [4.69, 9.17) is 28.6 Å². The molecule has 23 heavy (non-hydrogen) atoms. The number of para-hydroxylation sites is 1. The third kappa shape index (κ3) is 3.18. The molecule has 3 rings (SSSR count). The number of anilines is 1. The van der Waals surface area contributed by atoms with Gasteiger partial charge in [0.15, 0.2) is 4.77 Å². The lowest BCUT2D eigenvalue weighted by Gasteiger charge is -2.31. The van der Waals surface area contributed by atoms with Gasteiger partial charge in [0, 0.05) is 20.2 Å². The minimum absolute atomic E-state index is 0.178. The van der Waals surface area contributed by atoms with E-state index in [9.17, 15) is 4.79 Å². The van der Waals surface area contributed by atoms with Crippen molar-refractivity contribution in [2.45, 2.75) is 6.54 Å². The molecule has 0 fully saturated rings. The number of hydrogen-bond donors (Lipinski definition) is 2. The third-order valence-corrected chi connectivity index (χ3v) is 4.37. The second-order valence-corrected chi connectivity index (χ2v) is 6.05. The number of rotatable bonds is 4. The van der Waals surface area contributed by atoms with Crippen LogP contribution in [-0.2, 0) is 11.3 Å². The number of hydrogen-bond acceptors (Lipinski definition) is 5. The molecular formula is C15H17ClN4O2S. The van der Waals surface area contributed by atoms with Crippen LogP contribution in [0.2, 0.25) is 5.02 Å². The molecule has 1 aliphatic rings. The number of nitrogens with zero attached hydrogens (tertiary/aromatic N) is 2. The van der Waals surface area contributed by atoms with Gasteiger partial charge in [-0.05, 0) is 24.4 Å². The van der Waals surface area contributed by atoms with Crippen LogP contribution in [0.5, 0.6) is 0 Å². The molecule has 0 saturated heterocycles. The summed E-state index contributed by atoms with van der Waals surface area (Å²) in [5.41, 5.74) is 1.20. The number of ether oxygens (including phenoxy) is 1. The molecule has 0 saturated carbocycles. The summed E-state index contributed by atoms with van der Waals surface area (Å²) in [7, 11) is 1.66. The summed E-state index contributed by atoms with van der Waals surface area (Å²) in [6.45, 7) is 2.49. The van der Waals surface area contributed by atoms with Crippen LogP contribution in [0, 0.1) is 4.77 Å². The van der Waals surface area contributed by atoms with E-state index in [0.717, 1.165) is 12.2 Å². The van der Waals surface area contributed by atoms with Crippen LogP contribution in [-0.4, -0.2) is 41.4 Å². The lowest BCUT2D eigenvalue weighted by atomic mass is 10.2. The van der Waals surface area contributed by atoms with Crippen LogP contribution in [0.25, 0.3) is 5.69 Å². The van der Waals surface area contributed by atoms with E-state index in [1.54, 1.807) is 17.7 Å². The fraction of sp³-hybridized carbons (Fsp3) is 0.333. The Labute approximate surface area is 143 Å². The number of halogens is 1. The number of benzene rings is 1. The Morgan fingerprint density at radius 2 is 2.17 bits per heavy atom. The Balaban J connectivity index is 2.09. The molecule has 0 unspecified atom stereocenters. The van der Waals surface area contributed by atoms with Gasteiger partial charge in [-0.2, -0.15) is 0 Å². The maximum Gasteiger partial charge on any atom is 0.258 e. The number of aromatic amines is 1. The predicted octanol–water partition coefficient (Wildman–Crippen LogP) is 2.38. The van der Waals surface area contributed by atoms with Gasteiger partial charge in [-0.1, -0.05) is 23.7 Å². The van der Waals surface area contributed by atoms with Crippen molar-refractivity contribution in [3.05, 3.63) is 50.0 Å². The fourth-order valence-corrected chi connectivity index (χ4v) is 3.12. The molecule has 0 radical (unpaired) electrons. The average molecular weight is 353 g/mol. The molecule has 1 aromatic carbocycles.